The van der Waals surface area contributed by atoms with Gasteiger partial charge in [0.1, 0.15) is 5.69 Å². The number of sulfonamides is 1. The first-order valence-corrected chi connectivity index (χ1v) is 12.1. The van der Waals surface area contributed by atoms with Gasteiger partial charge in [0.05, 0.1) is 15.5 Å². The van der Waals surface area contributed by atoms with E-state index in [9.17, 15) is 13.2 Å². The number of thiophene rings is 1. The fourth-order valence-electron chi connectivity index (χ4n) is 3.09. The number of hydrogen-bond acceptors (Lipinski definition) is 5. The summed E-state index contributed by atoms with van der Waals surface area (Å²) in [6, 6.07) is 19.7. The quantitative estimate of drug-likeness (QED) is 0.293. The van der Waals surface area contributed by atoms with Crippen molar-refractivity contribution in [2.45, 2.75) is 4.90 Å². The molecule has 0 aliphatic rings. The van der Waals surface area contributed by atoms with Crippen LogP contribution in [0.2, 0.25) is 0 Å². The molecular formula is C24H21N3O3S2. The predicted octanol–water partition coefficient (Wildman–Crippen LogP) is 4.75. The molecule has 0 saturated carbocycles. The van der Waals surface area contributed by atoms with E-state index in [1.165, 1.54) is 44.4 Å². The molecule has 4 aromatic rings. The minimum atomic E-state index is -3.53. The molecule has 32 heavy (non-hydrogen) atoms. The standard InChI is InChI=1S/C24H21N3O3S2/c1-26(2)32(29,30)21-13-10-18(11-14-21)22(28)15-12-19-17-27(20-7-4-3-5-8-20)25-24(19)23-9-6-16-31-23/h3-17H,1-2H3/b15-12+. The Balaban J connectivity index is 1.63. The molecule has 8 heteroatoms. The van der Waals surface area contributed by atoms with Crippen molar-refractivity contribution in [1.82, 2.24) is 14.1 Å². The Morgan fingerprint density at radius 1 is 1.00 bits per heavy atom. The fraction of sp³-hybridized carbons (Fsp3) is 0.0833. The molecular weight excluding hydrogens is 442 g/mol. The minimum absolute atomic E-state index is 0.146. The zero-order valence-electron chi connectivity index (χ0n) is 17.5. The van der Waals surface area contributed by atoms with Gasteiger partial charge < -0.3 is 0 Å². The van der Waals surface area contributed by atoms with Gasteiger partial charge in [-0.05, 0) is 60.0 Å². The van der Waals surface area contributed by atoms with Gasteiger partial charge in [-0.1, -0.05) is 24.3 Å². The van der Waals surface area contributed by atoms with E-state index in [2.05, 4.69) is 0 Å². The molecule has 0 unspecified atom stereocenters. The average molecular weight is 464 g/mol. The summed E-state index contributed by atoms with van der Waals surface area (Å²) in [5, 5.41) is 6.71. The van der Waals surface area contributed by atoms with Crippen molar-refractivity contribution >= 4 is 33.2 Å². The second kappa shape index (κ2) is 9.04. The smallest absolute Gasteiger partial charge is 0.242 e. The normalized spacial score (nSPS) is 12.0. The van der Waals surface area contributed by atoms with Gasteiger partial charge in [0.25, 0.3) is 0 Å². The zero-order chi connectivity index (χ0) is 22.7. The molecule has 0 N–H and O–H groups in total. The van der Waals surface area contributed by atoms with Crippen molar-refractivity contribution in [3.8, 4) is 16.3 Å². The van der Waals surface area contributed by atoms with Gasteiger partial charge in [0.15, 0.2) is 5.78 Å². The average Bonchev–Trinajstić information content (AvgIpc) is 3.48. The van der Waals surface area contributed by atoms with Crippen molar-refractivity contribution in [1.29, 1.82) is 0 Å². The highest BCUT2D eigenvalue weighted by Crippen LogP contribution is 2.28. The summed E-state index contributed by atoms with van der Waals surface area (Å²) in [5.74, 6) is -0.219. The van der Waals surface area contributed by atoms with Crippen LogP contribution in [0.25, 0.3) is 22.3 Å². The summed E-state index contributed by atoms with van der Waals surface area (Å²) in [4.78, 5) is 13.9. The van der Waals surface area contributed by atoms with E-state index in [-0.39, 0.29) is 10.7 Å². The number of hydrogen-bond donors (Lipinski definition) is 0. The van der Waals surface area contributed by atoms with Gasteiger partial charge in [-0.15, -0.1) is 11.3 Å². The van der Waals surface area contributed by atoms with Crippen LogP contribution < -0.4 is 0 Å². The highest BCUT2D eigenvalue weighted by molar-refractivity contribution is 7.89. The maximum atomic E-state index is 12.7. The maximum Gasteiger partial charge on any atom is 0.242 e. The number of aromatic nitrogens is 2. The van der Waals surface area contributed by atoms with Crippen LogP contribution in [0.5, 0.6) is 0 Å². The summed E-state index contributed by atoms with van der Waals surface area (Å²) < 4.78 is 27.4. The molecule has 2 aromatic carbocycles. The number of rotatable bonds is 7. The van der Waals surface area contributed by atoms with Crippen molar-refractivity contribution in [3.63, 3.8) is 0 Å². The highest BCUT2D eigenvalue weighted by atomic mass is 32.2. The van der Waals surface area contributed by atoms with E-state index in [1.54, 1.807) is 22.1 Å². The van der Waals surface area contributed by atoms with E-state index in [4.69, 9.17) is 5.10 Å². The molecule has 6 nitrogen and oxygen atoms in total. The molecule has 4 rings (SSSR count). The Bertz CT molecular complexity index is 1350. The largest absolute Gasteiger partial charge is 0.289 e. The monoisotopic (exact) mass is 463 g/mol. The lowest BCUT2D eigenvalue weighted by atomic mass is 10.1. The van der Waals surface area contributed by atoms with Crippen LogP contribution >= 0.6 is 11.3 Å². The van der Waals surface area contributed by atoms with Gasteiger partial charge in [-0.25, -0.2) is 17.4 Å². The number of ketones is 1. The molecule has 0 bridgehead atoms. The summed E-state index contributed by atoms with van der Waals surface area (Å²) in [7, 11) is -0.594. The fourth-order valence-corrected chi connectivity index (χ4v) is 4.72. The molecule has 0 radical (unpaired) electrons. The molecule has 0 atom stereocenters. The summed E-state index contributed by atoms with van der Waals surface area (Å²) >= 11 is 1.58. The maximum absolute atomic E-state index is 12.7. The van der Waals surface area contributed by atoms with Crippen LogP contribution in [0.3, 0.4) is 0 Å². The zero-order valence-corrected chi connectivity index (χ0v) is 19.2. The third-order valence-electron chi connectivity index (χ3n) is 4.85. The lowest BCUT2D eigenvalue weighted by molar-refractivity contribution is 0.104. The summed E-state index contributed by atoms with van der Waals surface area (Å²) in [5.41, 5.74) is 2.94. The first-order chi connectivity index (χ1) is 15.4. The number of benzene rings is 2. The second-order valence-corrected chi connectivity index (χ2v) is 10.3. The molecule has 2 heterocycles. The highest BCUT2D eigenvalue weighted by Gasteiger charge is 2.17. The van der Waals surface area contributed by atoms with Gasteiger partial charge >= 0.3 is 0 Å². The van der Waals surface area contributed by atoms with Gasteiger partial charge in [-0.2, -0.15) is 5.10 Å². The first-order valence-electron chi connectivity index (χ1n) is 9.80. The molecule has 0 fully saturated rings. The van der Waals surface area contributed by atoms with E-state index in [0.717, 1.165) is 26.1 Å². The lowest BCUT2D eigenvalue weighted by Gasteiger charge is -2.11. The summed E-state index contributed by atoms with van der Waals surface area (Å²) in [6.07, 6.45) is 5.12. The molecule has 2 aromatic heterocycles. The summed E-state index contributed by atoms with van der Waals surface area (Å²) in [6.45, 7) is 0. The topological polar surface area (TPSA) is 72.3 Å². The number of allylic oxidation sites excluding steroid dienone is 1. The Morgan fingerprint density at radius 3 is 2.34 bits per heavy atom. The van der Waals surface area contributed by atoms with Crippen molar-refractivity contribution in [2.75, 3.05) is 14.1 Å². The van der Waals surface area contributed by atoms with Crippen LogP contribution in [0.15, 0.2) is 89.3 Å². The Kier molecular flexibility index (Phi) is 6.18. The third kappa shape index (κ3) is 4.47. The first kappa shape index (κ1) is 21.9. The minimum Gasteiger partial charge on any atom is -0.289 e. The Morgan fingerprint density at radius 2 is 1.72 bits per heavy atom. The Labute approximate surface area is 191 Å². The van der Waals surface area contributed by atoms with E-state index in [0.29, 0.717) is 5.56 Å². The van der Waals surface area contributed by atoms with Gasteiger partial charge in [0, 0.05) is 31.4 Å². The molecule has 162 valence electrons. The van der Waals surface area contributed by atoms with Crippen LogP contribution in [-0.4, -0.2) is 42.4 Å². The van der Waals surface area contributed by atoms with Crippen LogP contribution in [0.1, 0.15) is 15.9 Å². The second-order valence-electron chi connectivity index (χ2n) is 7.20. The third-order valence-corrected chi connectivity index (χ3v) is 7.56. The SMILES string of the molecule is CN(C)S(=O)(=O)c1ccc(C(=O)/C=C/c2cn(-c3ccccc3)nc2-c2cccs2)cc1. The molecule has 0 spiro atoms. The van der Waals surface area contributed by atoms with Crippen molar-refractivity contribution < 1.29 is 13.2 Å². The number of nitrogens with zero attached hydrogens (tertiary/aromatic N) is 3. The van der Waals surface area contributed by atoms with Crippen LogP contribution in [-0.2, 0) is 10.0 Å². The number of carbonyl (C=O) groups excluding carboxylic acids is 1. The number of carbonyl (C=O) groups is 1. The molecule has 0 aliphatic heterocycles. The van der Waals surface area contributed by atoms with Crippen molar-refractivity contribution in [2.24, 2.45) is 0 Å². The Hall–Kier alpha value is -3.33. The van der Waals surface area contributed by atoms with Gasteiger partial charge in [-0.3, -0.25) is 4.79 Å². The predicted molar refractivity (Wildman–Crippen MR) is 128 cm³/mol. The van der Waals surface area contributed by atoms with Crippen LogP contribution in [0, 0.1) is 0 Å². The van der Waals surface area contributed by atoms with E-state index >= 15 is 0 Å². The van der Waals surface area contributed by atoms with Crippen molar-refractivity contribution in [3.05, 3.63) is 95.5 Å². The van der Waals surface area contributed by atoms with E-state index in [1.807, 2.05) is 54.0 Å². The molecule has 0 aliphatic carbocycles. The molecule has 0 saturated heterocycles. The van der Waals surface area contributed by atoms with E-state index < -0.39 is 10.0 Å². The number of para-hydroxylation sites is 1. The van der Waals surface area contributed by atoms with Crippen LogP contribution in [0.4, 0.5) is 0 Å². The molecule has 0 amide bonds. The lowest BCUT2D eigenvalue weighted by Crippen LogP contribution is -2.22. The van der Waals surface area contributed by atoms with Gasteiger partial charge in [0.2, 0.25) is 10.0 Å².